The highest BCUT2D eigenvalue weighted by molar-refractivity contribution is 5.86. The fraction of sp³-hybridized carbons (Fsp3) is 0.500. The molecule has 1 amide bonds. The van der Waals surface area contributed by atoms with E-state index in [0.717, 1.165) is 32.6 Å². The zero-order valence-corrected chi connectivity index (χ0v) is 18.4. The van der Waals surface area contributed by atoms with Crippen molar-refractivity contribution in [1.82, 2.24) is 9.80 Å². The molecule has 1 N–H and O–H groups in total. The molecule has 0 spiro atoms. The van der Waals surface area contributed by atoms with Gasteiger partial charge in [-0.05, 0) is 41.2 Å². The van der Waals surface area contributed by atoms with Gasteiger partial charge in [0.25, 0.3) is 5.91 Å². The first kappa shape index (κ1) is 21.1. The van der Waals surface area contributed by atoms with Crippen molar-refractivity contribution < 1.29 is 9.90 Å². The normalized spacial score (nSPS) is 25.9. The Hall–Kier alpha value is -2.17. The molecule has 2 fully saturated rings. The molecule has 160 valence electrons. The summed E-state index contributed by atoms with van der Waals surface area (Å²) in [5.41, 5.74) is 0.596. The summed E-state index contributed by atoms with van der Waals surface area (Å²) in [5, 5.41) is 11.5. The van der Waals surface area contributed by atoms with Crippen LogP contribution in [0.4, 0.5) is 0 Å². The third-order valence-electron chi connectivity index (χ3n) is 7.39. The van der Waals surface area contributed by atoms with E-state index in [0.29, 0.717) is 23.3 Å². The van der Waals surface area contributed by atoms with Gasteiger partial charge in [0, 0.05) is 33.2 Å². The van der Waals surface area contributed by atoms with E-state index in [4.69, 9.17) is 0 Å². The number of rotatable bonds is 8. The quantitative estimate of drug-likeness (QED) is 0.726. The van der Waals surface area contributed by atoms with E-state index in [1.54, 1.807) is 4.90 Å². The van der Waals surface area contributed by atoms with Gasteiger partial charge in [0.15, 0.2) is 5.60 Å². The second kappa shape index (κ2) is 8.52. The summed E-state index contributed by atoms with van der Waals surface area (Å²) >= 11 is 0. The molecule has 30 heavy (non-hydrogen) atoms. The predicted octanol–water partition coefficient (Wildman–Crippen LogP) is 3.76. The van der Waals surface area contributed by atoms with Crippen LogP contribution >= 0.6 is 0 Å². The van der Waals surface area contributed by atoms with Gasteiger partial charge in [-0.1, -0.05) is 74.5 Å². The number of likely N-dealkylation sites (N-methyl/N-ethyl adjacent to an activating group) is 1. The molecule has 1 heterocycles. The Labute approximate surface area is 180 Å². The molecule has 2 aromatic carbocycles. The lowest BCUT2D eigenvalue weighted by Gasteiger charge is -2.36. The van der Waals surface area contributed by atoms with Gasteiger partial charge in [-0.25, -0.2) is 0 Å². The minimum absolute atomic E-state index is 0.144. The molecule has 1 aliphatic heterocycles. The minimum atomic E-state index is -1.46. The lowest BCUT2D eigenvalue weighted by molar-refractivity contribution is -0.157. The molecule has 5 atom stereocenters. The zero-order chi connectivity index (χ0) is 21.3. The van der Waals surface area contributed by atoms with E-state index >= 15 is 0 Å². The van der Waals surface area contributed by atoms with Crippen molar-refractivity contribution in [3.05, 3.63) is 71.8 Å². The Kier molecular flexibility index (Phi) is 5.99. The number of fused-ring (bicyclic) bond motifs is 1. The summed E-state index contributed by atoms with van der Waals surface area (Å²) in [6.07, 6.45) is 0.744. The maximum Gasteiger partial charge on any atom is 0.259 e. The number of hydrogen-bond acceptors (Lipinski definition) is 3. The van der Waals surface area contributed by atoms with Crippen LogP contribution in [0.25, 0.3) is 0 Å². The molecule has 4 heteroatoms. The average Bonchev–Trinajstić information content (AvgIpc) is 3.21. The van der Waals surface area contributed by atoms with E-state index in [9.17, 15) is 9.90 Å². The lowest BCUT2D eigenvalue weighted by Crippen LogP contribution is -2.50. The Balaban J connectivity index is 1.36. The molecule has 0 bridgehead atoms. The van der Waals surface area contributed by atoms with Crippen LogP contribution in [0.3, 0.4) is 0 Å². The fourth-order valence-corrected chi connectivity index (χ4v) is 5.27. The Morgan fingerprint density at radius 2 is 1.67 bits per heavy atom. The van der Waals surface area contributed by atoms with Crippen LogP contribution in [0.1, 0.15) is 31.4 Å². The highest BCUT2D eigenvalue weighted by Gasteiger charge is 2.56. The standard InChI is InChI=1S/C26H34N2O2/c1-4-19(2)26(30,21-13-9-6-10-14-21)25(29)27(3)16-22-23-17-28(18-24(22)23)15-20-11-7-5-8-12-20/h5-14,19,22-24,30H,4,15-18H2,1-3H3/t19?,22-,23-,24+,26-/m0/s1. The maximum absolute atomic E-state index is 13.4. The van der Waals surface area contributed by atoms with E-state index < -0.39 is 5.60 Å². The predicted molar refractivity (Wildman–Crippen MR) is 120 cm³/mol. The van der Waals surface area contributed by atoms with Crippen LogP contribution in [0.5, 0.6) is 0 Å². The summed E-state index contributed by atoms with van der Waals surface area (Å²) in [7, 11) is 1.86. The molecular weight excluding hydrogens is 372 g/mol. The fourth-order valence-electron chi connectivity index (χ4n) is 5.27. The van der Waals surface area contributed by atoms with E-state index in [-0.39, 0.29) is 11.8 Å². The van der Waals surface area contributed by atoms with Crippen molar-refractivity contribution >= 4 is 5.91 Å². The van der Waals surface area contributed by atoms with Crippen LogP contribution in [-0.2, 0) is 16.9 Å². The first-order valence-corrected chi connectivity index (χ1v) is 11.2. The van der Waals surface area contributed by atoms with Crippen molar-refractivity contribution in [2.24, 2.45) is 23.7 Å². The number of piperidine rings is 1. The maximum atomic E-state index is 13.4. The van der Waals surface area contributed by atoms with Gasteiger partial charge in [0.2, 0.25) is 0 Å². The number of amides is 1. The van der Waals surface area contributed by atoms with Crippen molar-refractivity contribution in [1.29, 1.82) is 0 Å². The summed E-state index contributed by atoms with van der Waals surface area (Å²) < 4.78 is 0. The number of aliphatic hydroxyl groups is 1. The van der Waals surface area contributed by atoms with Crippen LogP contribution in [0, 0.1) is 23.7 Å². The Morgan fingerprint density at radius 3 is 2.23 bits per heavy atom. The van der Waals surface area contributed by atoms with Crippen LogP contribution in [0.15, 0.2) is 60.7 Å². The number of nitrogens with zero attached hydrogens (tertiary/aromatic N) is 2. The third kappa shape index (κ3) is 3.91. The molecule has 0 aromatic heterocycles. The van der Waals surface area contributed by atoms with Crippen LogP contribution < -0.4 is 0 Å². The highest BCUT2D eigenvalue weighted by Crippen LogP contribution is 2.52. The van der Waals surface area contributed by atoms with Gasteiger partial charge in [-0.2, -0.15) is 0 Å². The topological polar surface area (TPSA) is 43.8 Å². The molecule has 2 aromatic rings. The SMILES string of the molecule is CCC(C)[C@@](O)(C(=O)N(C)C[C@H]1[C@@H]2CN(Cc3ccccc3)C[C@@H]21)c1ccccc1. The number of hydrogen-bond donors (Lipinski definition) is 1. The van der Waals surface area contributed by atoms with Crippen molar-refractivity contribution in [3.8, 4) is 0 Å². The van der Waals surface area contributed by atoms with Crippen molar-refractivity contribution in [2.75, 3.05) is 26.7 Å². The highest BCUT2D eigenvalue weighted by atomic mass is 16.3. The van der Waals surface area contributed by atoms with E-state index in [1.807, 2.05) is 51.2 Å². The molecule has 1 unspecified atom stereocenters. The van der Waals surface area contributed by atoms with Crippen LogP contribution in [-0.4, -0.2) is 47.5 Å². The summed E-state index contributed by atoms with van der Waals surface area (Å²) in [6.45, 7) is 7.96. The van der Waals surface area contributed by atoms with E-state index in [2.05, 4.69) is 35.2 Å². The number of carbonyl (C=O) groups excluding carboxylic acids is 1. The van der Waals surface area contributed by atoms with Gasteiger partial charge in [0.1, 0.15) is 0 Å². The Morgan fingerprint density at radius 1 is 1.10 bits per heavy atom. The molecule has 1 aliphatic carbocycles. The zero-order valence-electron chi connectivity index (χ0n) is 18.4. The molecule has 2 aliphatic rings. The number of carbonyl (C=O) groups is 1. The molecule has 4 nitrogen and oxygen atoms in total. The molecule has 4 rings (SSSR count). The first-order chi connectivity index (χ1) is 14.4. The van der Waals surface area contributed by atoms with Crippen molar-refractivity contribution in [3.63, 3.8) is 0 Å². The monoisotopic (exact) mass is 406 g/mol. The van der Waals surface area contributed by atoms with Crippen LogP contribution in [0.2, 0.25) is 0 Å². The van der Waals surface area contributed by atoms with Gasteiger partial charge in [-0.3, -0.25) is 9.69 Å². The molecular formula is C26H34N2O2. The smallest absolute Gasteiger partial charge is 0.259 e. The molecule has 1 saturated heterocycles. The van der Waals surface area contributed by atoms with Gasteiger partial charge < -0.3 is 10.0 Å². The minimum Gasteiger partial charge on any atom is -0.375 e. The van der Waals surface area contributed by atoms with Gasteiger partial charge in [-0.15, -0.1) is 0 Å². The first-order valence-electron chi connectivity index (χ1n) is 11.2. The summed E-state index contributed by atoms with van der Waals surface area (Å²) in [5.74, 6) is 1.60. The third-order valence-corrected chi connectivity index (χ3v) is 7.39. The summed E-state index contributed by atoms with van der Waals surface area (Å²) in [4.78, 5) is 17.7. The van der Waals surface area contributed by atoms with Crippen molar-refractivity contribution in [2.45, 2.75) is 32.4 Å². The van der Waals surface area contributed by atoms with E-state index in [1.165, 1.54) is 5.56 Å². The number of benzene rings is 2. The molecule has 0 radical (unpaired) electrons. The second-order valence-corrected chi connectivity index (χ2v) is 9.30. The van der Waals surface area contributed by atoms with Gasteiger partial charge >= 0.3 is 0 Å². The largest absolute Gasteiger partial charge is 0.375 e. The second-order valence-electron chi connectivity index (χ2n) is 9.30. The lowest BCUT2D eigenvalue weighted by atomic mass is 9.79. The Bertz CT molecular complexity index is 844. The number of likely N-dealkylation sites (tertiary alicyclic amines) is 1. The molecule has 1 saturated carbocycles. The average molecular weight is 407 g/mol. The van der Waals surface area contributed by atoms with Gasteiger partial charge in [0.05, 0.1) is 0 Å². The summed E-state index contributed by atoms with van der Waals surface area (Å²) in [6, 6.07) is 20.1.